The lowest BCUT2D eigenvalue weighted by Gasteiger charge is -2.09. The molecule has 0 aromatic carbocycles. The molecule has 108 valence electrons. The summed E-state index contributed by atoms with van der Waals surface area (Å²) in [4.78, 5) is 30.3. The van der Waals surface area contributed by atoms with Crippen LogP contribution in [0.3, 0.4) is 0 Å². The molecule has 21 heavy (non-hydrogen) atoms. The van der Waals surface area contributed by atoms with Crippen molar-refractivity contribution in [2.75, 3.05) is 5.32 Å². The lowest BCUT2D eigenvalue weighted by Crippen LogP contribution is -2.28. The zero-order valence-electron chi connectivity index (χ0n) is 11.3. The summed E-state index contributed by atoms with van der Waals surface area (Å²) in [5, 5.41) is 14.1. The van der Waals surface area contributed by atoms with E-state index in [9.17, 15) is 9.59 Å². The first-order valence-corrected chi connectivity index (χ1v) is 6.19. The number of carbonyl (C=O) groups is 2. The van der Waals surface area contributed by atoms with Gasteiger partial charge in [-0.1, -0.05) is 0 Å². The molecule has 0 bridgehead atoms. The van der Waals surface area contributed by atoms with Gasteiger partial charge in [0.15, 0.2) is 0 Å². The molecule has 7 heteroatoms. The zero-order chi connectivity index (χ0) is 15.2. The van der Waals surface area contributed by atoms with Crippen LogP contribution >= 0.6 is 0 Å². The maximum atomic E-state index is 11.8. The van der Waals surface area contributed by atoms with Crippen LogP contribution in [0.5, 0.6) is 0 Å². The molecule has 0 saturated heterocycles. The molecule has 0 unspecified atom stereocenters. The lowest BCUT2D eigenvalue weighted by atomic mass is 10.1. The van der Waals surface area contributed by atoms with E-state index in [4.69, 9.17) is 5.11 Å². The van der Waals surface area contributed by atoms with Crippen molar-refractivity contribution in [1.82, 2.24) is 15.3 Å². The lowest BCUT2D eigenvalue weighted by molar-refractivity contribution is 0.0696. The Morgan fingerprint density at radius 1 is 1.24 bits per heavy atom. The smallest absolute Gasteiger partial charge is 0.337 e. The molecule has 2 rings (SSSR count). The quantitative estimate of drug-likeness (QED) is 0.795. The molecule has 0 spiro atoms. The van der Waals surface area contributed by atoms with Gasteiger partial charge in [-0.2, -0.15) is 0 Å². The van der Waals surface area contributed by atoms with E-state index in [0.29, 0.717) is 12.2 Å². The van der Waals surface area contributed by atoms with Gasteiger partial charge in [-0.05, 0) is 30.2 Å². The number of hydrogen-bond acceptors (Lipinski definition) is 4. The van der Waals surface area contributed by atoms with E-state index < -0.39 is 12.0 Å². The van der Waals surface area contributed by atoms with Crippen molar-refractivity contribution < 1.29 is 14.7 Å². The Balaban J connectivity index is 1.95. The summed E-state index contributed by atoms with van der Waals surface area (Å²) in [6.07, 6.45) is 5.97. The minimum Gasteiger partial charge on any atom is -0.478 e. The second-order valence-corrected chi connectivity index (χ2v) is 4.38. The van der Waals surface area contributed by atoms with E-state index >= 15 is 0 Å². The summed E-state index contributed by atoms with van der Waals surface area (Å²) in [6.45, 7) is 2.26. The number of urea groups is 1. The Morgan fingerprint density at radius 2 is 2.05 bits per heavy atom. The van der Waals surface area contributed by atoms with Gasteiger partial charge in [-0.3, -0.25) is 9.97 Å². The van der Waals surface area contributed by atoms with Crippen LogP contribution in [0.25, 0.3) is 0 Å². The number of aryl methyl sites for hydroxylation is 1. The van der Waals surface area contributed by atoms with Crippen LogP contribution in [0, 0.1) is 6.92 Å². The maximum Gasteiger partial charge on any atom is 0.337 e. The highest BCUT2D eigenvalue weighted by Gasteiger charge is 2.07. The average molecular weight is 286 g/mol. The van der Waals surface area contributed by atoms with Gasteiger partial charge in [0.05, 0.1) is 17.4 Å². The van der Waals surface area contributed by atoms with E-state index in [-0.39, 0.29) is 5.56 Å². The van der Waals surface area contributed by atoms with Crippen LogP contribution in [0.4, 0.5) is 10.5 Å². The second-order valence-electron chi connectivity index (χ2n) is 4.38. The number of hydrogen-bond donors (Lipinski definition) is 3. The molecule has 0 aliphatic heterocycles. The highest BCUT2D eigenvalue weighted by Crippen LogP contribution is 2.08. The Morgan fingerprint density at radius 3 is 2.76 bits per heavy atom. The molecule has 0 saturated carbocycles. The number of nitrogens with one attached hydrogen (secondary N) is 2. The Bertz CT molecular complexity index is 673. The van der Waals surface area contributed by atoms with Crippen molar-refractivity contribution in [3.8, 4) is 0 Å². The molecule has 2 aromatic rings. The number of aromatic nitrogens is 2. The van der Waals surface area contributed by atoms with Gasteiger partial charge >= 0.3 is 12.0 Å². The molecule has 2 amide bonds. The number of rotatable bonds is 4. The van der Waals surface area contributed by atoms with Gasteiger partial charge in [-0.25, -0.2) is 9.59 Å². The monoisotopic (exact) mass is 286 g/mol. The SMILES string of the molecule is Cc1cnccc1CNC(=O)Nc1cncc(C(=O)O)c1. The van der Waals surface area contributed by atoms with Crippen LogP contribution in [0.2, 0.25) is 0 Å². The third-order valence-corrected chi connectivity index (χ3v) is 2.82. The fourth-order valence-corrected chi connectivity index (χ4v) is 1.68. The van der Waals surface area contributed by atoms with Gasteiger partial charge in [0.25, 0.3) is 0 Å². The molecule has 2 heterocycles. The van der Waals surface area contributed by atoms with Gasteiger partial charge in [0.1, 0.15) is 0 Å². The normalized spacial score (nSPS) is 9.95. The van der Waals surface area contributed by atoms with E-state index in [1.54, 1.807) is 12.4 Å². The molecule has 7 nitrogen and oxygen atoms in total. The van der Waals surface area contributed by atoms with Gasteiger partial charge in [-0.15, -0.1) is 0 Å². The summed E-state index contributed by atoms with van der Waals surface area (Å²) in [6, 6.07) is 2.73. The third-order valence-electron chi connectivity index (χ3n) is 2.82. The number of anilines is 1. The molecule has 0 aliphatic rings. The summed E-state index contributed by atoms with van der Waals surface area (Å²) >= 11 is 0. The highest BCUT2D eigenvalue weighted by atomic mass is 16.4. The first kappa shape index (κ1) is 14.4. The van der Waals surface area contributed by atoms with E-state index in [1.807, 2.05) is 13.0 Å². The second kappa shape index (κ2) is 6.47. The summed E-state index contributed by atoms with van der Waals surface area (Å²) in [5.41, 5.74) is 2.27. The van der Waals surface area contributed by atoms with Gasteiger partial charge in [0, 0.05) is 25.1 Å². The number of aromatic carboxylic acids is 1. The first-order chi connectivity index (χ1) is 10.1. The van der Waals surface area contributed by atoms with Crippen LogP contribution in [0.15, 0.2) is 36.9 Å². The minimum absolute atomic E-state index is 0.0118. The van der Waals surface area contributed by atoms with Crippen molar-refractivity contribution in [1.29, 1.82) is 0 Å². The van der Waals surface area contributed by atoms with Gasteiger partial charge in [0.2, 0.25) is 0 Å². The van der Waals surface area contributed by atoms with Crippen molar-refractivity contribution >= 4 is 17.7 Å². The van der Waals surface area contributed by atoms with E-state index in [2.05, 4.69) is 20.6 Å². The van der Waals surface area contributed by atoms with Crippen LogP contribution in [-0.2, 0) is 6.54 Å². The molecular formula is C14H14N4O3. The molecule has 0 fully saturated rings. The Hall–Kier alpha value is -2.96. The van der Waals surface area contributed by atoms with Crippen LogP contribution in [-0.4, -0.2) is 27.1 Å². The standard InChI is InChI=1S/C14H14N4O3/c1-9-5-15-3-2-10(9)7-17-14(21)18-12-4-11(13(19)20)6-16-8-12/h2-6,8H,7H2,1H3,(H,19,20)(H2,17,18,21). The highest BCUT2D eigenvalue weighted by molar-refractivity contribution is 5.92. The predicted octanol–water partition coefficient (Wildman–Crippen LogP) is 1.80. The summed E-state index contributed by atoms with van der Waals surface area (Å²) < 4.78 is 0. The molecular weight excluding hydrogens is 272 g/mol. The Kier molecular flexibility index (Phi) is 4.45. The Labute approximate surface area is 121 Å². The maximum absolute atomic E-state index is 11.8. The molecule has 0 atom stereocenters. The van der Waals surface area contributed by atoms with Crippen LogP contribution < -0.4 is 10.6 Å². The fraction of sp³-hybridized carbons (Fsp3) is 0.143. The number of carboxylic acid groups (broad SMARTS) is 1. The molecule has 2 aromatic heterocycles. The number of nitrogens with zero attached hydrogens (tertiary/aromatic N) is 2. The fourth-order valence-electron chi connectivity index (χ4n) is 1.68. The number of amides is 2. The van der Waals surface area contributed by atoms with Crippen molar-refractivity contribution in [2.45, 2.75) is 13.5 Å². The summed E-state index contributed by atoms with van der Waals surface area (Å²) in [5.74, 6) is -1.10. The minimum atomic E-state index is -1.10. The molecule has 3 N–H and O–H groups in total. The van der Waals surface area contributed by atoms with E-state index in [0.717, 1.165) is 11.1 Å². The van der Waals surface area contributed by atoms with Crippen LogP contribution in [0.1, 0.15) is 21.5 Å². The van der Waals surface area contributed by atoms with Crippen molar-refractivity contribution in [3.63, 3.8) is 0 Å². The molecule has 0 radical (unpaired) electrons. The first-order valence-electron chi connectivity index (χ1n) is 6.19. The number of pyridine rings is 2. The van der Waals surface area contributed by atoms with E-state index in [1.165, 1.54) is 18.5 Å². The zero-order valence-corrected chi connectivity index (χ0v) is 11.3. The largest absolute Gasteiger partial charge is 0.478 e. The topological polar surface area (TPSA) is 104 Å². The third kappa shape index (κ3) is 4.00. The van der Waals surface area contributed by atoms with Gasteiger partial charge < -0.3 is 15.7 Å². The average Bonchev–Trinajstić information content (AvgIpc) is 2.46. The van der Waals surface area contributed by atoms with Crippen molar-refractivity contribution in [2.24, 2.45) is 0 Å². The number of carboxylic acids is 1. The van der Waals surface area contributed by atoms with Crippen molar-refractivity contribution in [3.05, 3.63) is 53.6 Å². The summed E-state index contributed by atoms with van der Waals surface area (Å²) in [7, 11) is 0. The number of carbonyl (C=O) groups excluding carboxylic acids is 1. The molecule has 0 aliphatic carbocycles. The predicted molar refractivity (Wildman–Crippen MR) is 76.0 cm³/mol.